The molecule has 0 bridgehead atoms. The van der Waals surface area contributed by atoms with Gasteiger partial charge in [0.1, 0.15) is 5.75 Å². The lowest BCUT2D eigenvalue weighted by Gasteiger charge is -2.35. The Morgan fingerprint density at radius 2 is 1.98 bits per heavy atom. The number of anilines is 1. The van der Waals surface area contributed by atoms with E-state index in [9.17, 15) is 14.7 Å². The first kappa shape index (κ1) is 31.5. The third-order valence-corrected chi connectivity index (χ3v) is 7.35. The van der Waals surface area contributed by atoms with Crippen molar-refractivity contribution in [3.8, 4) is 5.75 Å². The van der Waals surface area contributed by atoms with Crippen molar-refractivity contribution in [2.75, 3.05) is 45.2 Å². The number of fused-ring (bicyclic) bond motifs is 1. The van der Waals surface area contributed by atoms with Crippen molar-refractivity contribution >= 4 is 17.5 Å². The minimum Gasteiger partial charge on any atom is -0.490 e. The molecule has 9 nitrogen and oxygen atoms in total. The topological polar surface area (TPSA) is 104 Å². The van der Waals surface area contributed by atoms with Crippen LogP contribution in [-0.2, 0) is 4.74 Å². The molecule has 0 fully saturated rings. The van der Waals surface area contributed by atoms with Crippen LogP contribution in [0.1, 0.15) is 74.1 Å². The first-order chi connectivity index (χ1) is 19.2. The van der Waals surface area contributed by atoms with E-state index in [0.717, 1.165) is 38.8 Å². The number of aliphatic hydroxyl groups excluding tert-OH is 1. The quantitative estimate of drug-likeness (QED) is 0.496. The Hall–Kier alpha value is -3.01. The summed E-state index contributed by atoms with van der Waals surface area (Å²) in [5.41, 5.74) is 1.30. The van der Waals surface area contributed by atoms with Gasteiger partial charge in [0, 0.05) is 49.3 Å². The fourth-order valence-corrected chi connectivity index (χ4v) is 4.95. The molecule has 1 aliphatic heterocycles. The maximum atomic E-state index is 14.2. The number of hydrogen-bond donors (Lipinski definition) is 2. The Morgan fingerprint density at radius 3 is 2.67 bits per heavy atom. The van der Waals surface area contributed by atoms with Crippen LogP contribution in [0.25, 0.3) is 0 Å². The van der Waals surface area contributed by atoms with Crippen molar-refractivity contribution in [3.63, 3.8) is 0 Å². The van der Waals surface area contributed by atoms with Gasteiger partial charge in [-0.1, -0.05) is 13.8 Å². The van der Waals surface area contributed by atoms with E-state index >= 15 is 0 Å². The Morgan fingerprint density at radius 1 is 1.23 bits per heavy atom. The van der Waals surface area contributed by atoms with Gasteiger partial charge >= 0.3 is 0 Å². The zero-order valence-corrected chi connectivity index (χ0v) is 24.6. The number of aliphatic hydroxyl groups is 1. The molecule has 0 saturated heterocycles. The number of hydrogen-bond acceptors (Lipinski definition) is 7. The van der Waals surface area contributed by atoms with Gasteiger partial charge in [0.25, 0.3) is 11.8 Å². The van der Waals surface area contributed by atoms with Gasteiger partial charge in [-0.25, -0.2) is 0 Å². The highest BCUT2D eigenvalue weighted by molar-refractivity contribution is 6.05. The summed E-state index contributed by atoms with van der Waals surface area (Å²) < 4.78 is 12.7. The number of carbonyl (C=O) groups is 2. The molecule has 0 spiro atoms. The molecule has 2 N–H and O–H groups in total. The van der Waals surface area contributed by atoms with Gasteiger partial charge in [-0.05, 0) is 83.5 Å². The van der Waals surface area contributed by atoms with E-state index < -0.39 is 6.04 Å². The molecule has 3 rings (SSSR count). The van der Waals surface area contributed by atoms with Crippen molar-refractivity contribution in [2.24, 2.45) is 5.92 Å². The molecule has 0 saturated carbocycles. The fraction of sp³-hybridized carbons (Fsp3) is 0.581. The standard InChI is InChI=1S/C31H46N4O5/c1-6-16-34(5)20-29-22(2)19-35(23(3)21-36)31(38)27-18-26(33-30(37)25-12-14-32-15-13-25)10-11-28(27)40-24(4)9-7-8-17-39-29/h10-15,18,22-24,29,36H,6-9,16-17,19-21H2,1-5H3,(H,33,37)/t22-,23+,24-,29-/m1/s1. The summed E-state index contributed by atoms with van der Waals surface area (Å²) in [5.74, 6) is -0.0588. The first-order valence-electron chi connectivity index (χ1n) is 14.5. The van der Waals surface area contributed by atoms with E-state index in [4.69, 9.17) is 9.47 Å². The van der Waals surface area contributed by atoms with E-state index in [0.29, 0.717) is 35.7 Å². The van der Waals surface area contributed by atoms with Crippen molar-refractivity contribution in [1.29, 1.82) is 0 Å². The van der Waals surface area contributed by atoms with E-state index in [1.54, 1.807) is 47.6 Å². The maximum Gasteiger partial charge on any atom is 0.258 e. The van der Waals surface area contributed by atoms with Gasteiger partial charge in [-0.15, -0.1) is 0 Å². The summed E-state index contributed by atoms with van der Waals surface area (Å²) in [6, 6.07) is 8.00. The average Bonchev–Trinajstić information content (AvgIpc) is 2.95. The highest BCUT2D eigenvalue weighted by Gasteiger charge is 2.30. The van der Waals surface area contributed by atoms with Crippen LogP contribution < -0.4 is 10.1 Å². The van der Waals surface area contributed by atoms with Gasteiger partial charge < -0.3 is 29.7 Å². The zero-order valence-electron chi connectivity index (χ0n) is 24.6. The van der Waals surface area contributed by atoms with Crippen LogP contribution in [0, 0.1) is 5.92 Å². The summed E-state index contributed by atoms with van der Waals surface area (Å²) >= 11 is 0. The van der Waals surface area contributed by atoms with Crippen LogP contribution in [0.4, 0.5) is 5.69 Å². The highest BCUT2D eigenvalue weighted by atomic mass is 16.5. The van der Waals surface area contributed by atoms with Gasteiger partial charge in [0.05, 0.1) is 30.4 Å². The van der Waals surface area contributed by atoms with Gasteiger partial charge in [0.2, 0.25) is 0 Å². The van der Waals surface area contributed by atoms with E-state index in [-0.39, 0.29) is 36.5 Å². The maximum absolute atomic E-state index is 14.2. The second-order valence-electron chi connectivity index (χ2n) is 11.0. The van der Waals surface area contributed by atoms with E-state index in [2.05, 4.69) is 36.1 Å². The minimum absolute atomic E-state index is 0.0260. The molecule has 9 heteroatoms. The zero-order chi connectivity index (χ0) is 29.1. The van der Waals surface area contributed by atoms with Crippen LogP contribution in [0.15, 0.2) is 42.7 Å². The molecule has 2 amide bonds. The van der Waals surface area contributed by atoms with Gasteiger partial charge in [0.15, 0.2) is 0 Å². The number of ether oxygens (including phenoxy) is 2. The number of nitrogens with one attached hydrogen (secondary N) is 1. The Labute approximate surface area is 238 Å². The highest BCUT2D eigenvalue weighted by Crippen LogP contribution is 2.28. The molecule has 220 valence electrons. The number of carbonyl (C=O) groups excluding carboxylic acids is 2. The predicted molar refractivity (Wildman–Crippen MR) is 157 cm³/mol. The first-order valence-corrected chi connectivity index (χ1v) is 14.5. The normalized spacial score (nSPS) is 21.7. The van der Waals surface area contributed by atoms with E-state index in [1.807, 2.05) is 13.8 Å². The smallest absolute Gasteiger partial charge is 0.258 e. The van der Waals surface area contributed by atoms with Crippen LogP contribution in [-0.4, -0.2) is 89.9 Å². The lowest BCUT2D eigenvalue weighted by atomic mass is 10.0. The molecule has 0 unspecified atom stereocenters. The molecular formula is C31H46N4O5. The number of aromatic nitrogens is 1. The second-order valence-corrected chi connectivity index (χ2v) is 11.0. The van der Waals surface area contributed by atoms with Crippen molar-refractivity contribution in [1.82, 2.24) is 14.8 Å². The summed E-state index contributed by atoms with van der Waals surface area (Å²) in [6.45, 7) is 10.7. The third-order valence-electron chi connectivity index (χ3n) is 7.35. The molecule has 0 radical (unpaired) electrons. The molecule has 1 aliphatic rings. The van der Waals surface area contributed by atoms with Crippen LogP contribution in [0.3, 0.4) is 0 Å². The monoisotopic (exact) mass is 554 g/mol. The summed E-state index contributed by atoms with van der Waals surface area (Å²) in [7, 11) is 2.10. The lowest BCUT2D eigenvalue weighted by molar-refractivity contribution is -0.0167. The summed E-state index contributed by atoms with van der Waals surface area (Å²) in [4.78, 5) is 34.9. The Kier molecular flexibility index (Phi) is 12.4. The molecule has 0 aliphatic carbocycles. The predicted octanol–water partition coefficient (Wildman–Crippen LogP) is 4.47. The average molecular weight is 555 g/mol. The molecule has 40 heavy (non-hydrogen) atoms. The van der Waals surface area contributed by atoms with Crippen LogP contribution >= 0.6 is 0 Å². The van der Waals surface area contributed by atoms with Gasteiger partial charge in [-0.3, -0.25) is 14.6 Å². The molecule has 1 aromatic heterocycles. The van der Waals surface area contributed by atoms with Gasteiger partial charge in [-0.2, -0.15) is 0 Å². The fourth-order valence-electron chi connectivity index (χ4n) is 4.95. The number of nitrogens with zero attached hydrogens (tertiary/aromatic N) is 3. The lowest BCUT2D eigenvalue weighted by Crippen LogP contribution is -2.47. The number of amides is 2. The number of rotatable bonds is 8. The molecule has 2 heterocycles. The Balaban J connectivity index is 1.96. The van der Waals surface area contributed by atoms with Crippen molar-refractivity contribution in [3.05, 3.63) is 53.9 Å². The van der Waals surface area contributed by atoms with Crippen molar-refractivity contribution < 1.29 is 24.2 Å². The largest absolute Gasteiger partial charge is 0.490 e. The molecule has 1 aromatic carbocycles. The Bertz CT molecular complexity index is 1080. The second kappa shape index (κ2) is 15.7. The molecule has 2 aromatic rings. The number of pyridine rings is 1. The third kappa shape index (κ3) is 9.01. The van der Waals surface area contributed by atoms with Crippen LogP contribution in [0.2, 0.25) is 0 Å². The van der Waals surface area contributed by atoms with Crippen LogP contribution in [0.5, 0.6) is 5.75 Å². The van der Waals surface area contributed by atoms with E-state index in [1.165, 1.54) is 0 Å². The minimum atomic E-state index is -0.419. The molecule has 4 atom stereocenters. The number of likely N-dealkylation sites (N-methyl/N-ethyl adjacent to an activating group) is 1. The SMILES string of the molecule is CCCN(C)C[C@H]1OCCCC[C@@H](C)Oc2ccc(NC(=O)c3ccncc3)cc2C(=O)N([C@@H](C)CO)C[C@H]1C. The molecular weight excluding hydrogens is 508 g/mol. The number of benzene rings is 1. The summed E-state index contributed by atoms with van der Waals surface area (Å²) in [6.07, 6.45) is 6.71. The summed E-state index contributed by atoms with van der Waals surface area (Å²) in [5, 5.41) is 13.0. The van der Waals surface area contributed by atoms with Crippen molar-refractivity contribution in [2.45, 2.75) is 71.6 Å².